The van der Waals surface area contributed by atoms with Crippen LogP contribution >= 0.6 is 0 Å². The molecular weight excluding hydrogens is 628 g/mol. The van der Waals surface area contributed by atoms with Gasteiger partial charge in [0.25, 0.3) is 0 Å². The molecule has 256 valence electrons. The Morgan fingerprint density at radius 1 is 1.12 bits per heavy atom. The summed E-state index contributed by atoms with van der Waals surface area (Å²) in [7, 11) is 1.53. The summed E-state index contributed by atoms with van der Waals surface area (Å²) in [6, 6.07) is 11.9. The number of carbonyl (C=O) groups excluding carboxylic acids is 3. The van der Waals surface area contributed by atoms with E-state index in [9.17, 15) is 24.6 Å². The van der Waals surface area contributed by atoms with Crippen molar-refractivity contribution in [2.75, 3.05) is 13.7 Å². The molecule has 0 bridgehead atoms. The van der Waals surface area contributed by atoms with Crippen LogP contribution in [0.3, 0.4) is 0 Å². The molecule has 12 nitrogen and oxygen atoms in total. The van der Waals surface area contributed by atoms with Gasteiger partial charge in [-0.25, -0.2) is 4.79 Å². The first-order valence-electron chi connectivity index (χ1n) is 16.3. The highest BCUT2D eigenvalue weighted by atomic mass is 16.5. The van der Waals surface area contributed by atoms with Crippen LogP contribution in [-0.2, 0) is 20.7 Å². The lowest BCUT2D eigenvalue weighted by molar-refractivity contribution is -0.121. The van der Waals surface area contributed by atoms with E-state index < -0.39 is 23.7 Å². The van der Waals surface area contributed by atoms with E-state index in [4.69, 9.17) is 14.0 Å². The minimum absolute atomic E-state index is 0.0156. The molecule has 12 heteroatoms. The lowest BCUT2D eigenvalue weighted by Crippen LogP contribution is -2.27. The average molecular weight is 669 g/mol. The van der Waals surface area contributed by atoms with E-state index in [1.165, 1.54) is 13.2 Å². The summed E-state index contributed by atoms with van der Waals surface area (Å²) in [5, 5.41) is 30.0. The van der Waals surface area contributed by atoms with E-state index >= 15 is 0 Å². The van der Waals surface area contributed by atoms with E-state index in [1.54, 1.807) is 61.8 Å². The van der Waals surface area contributed by atoms with Crippen LogP contribution in [0.5, 0.6) is 17.2 Å². The molecule has 4 aromatic rings. The van der Waals surface area contributed by atoms with Crippen LogP contribution in [0.15, 0.2) is 65.5 Å². The van der Waals surface area contributed by atoms with Crippen molar-refractivity contribution in [1.82, 2.24) is 20.4 Å². The third-order valence-electron chi connectivity index (χ3n) is 8.36. The van der Waals surface area contributed by atoms with Gasteiger partial charge in [-0.05, 0) is 74.1 Å². The van der Waals surface area contributed by atoms with E-state index in [0.29, 0.717) is 67.1 Å². The highest BCUT2D eigenvalue weighted by molar-refractivity contribution is 5.98. The maximum Gasteiger partial charge on any atom is 0.342 e. The number of phenolic OH excluding ortho intramolecular Hbond substituents is 2. The lowest BCUT2D eigenvalue weighted by Gasteiger charge is -2.23. The number of ether oxygens (including phenoxy) is 2. The van der Waals surface area contributed by atoms with Crippen molar-refractivity contribution in [2.45, 2.75) is 70.3 Å². The Bertz CT molecular complexity index is 1790. The Labute approximate surface area is 284 Å². The summed E-state index contributed by atoms with van der Waals surface area (Å²) in [4.78, 5) is 47.6. The van der Waals surface area contributed by atoms with Crippen LogP contribution in [-0.4, -0.2) is 62.8 Å². The van der Waals surface area contributed by atoms with Crippen LogP contribution in [0.25, 0.3) is 17.5 Å². The average Bonchev–Trinajstić information content (AvgIpc) is 3.56. The molecule has 1 aliphatic heterocycles. The third-order valence-corrected chi connectivity index (χ3v) is 8.36. The zero-order valence-corrected chi connectivity index (χ0v) is 27.6. The molecule has 0 saturated heterocycles. The van der Waals surface area contributed by atoms with E-state index in [0.717, 1.165) is 0 Å². The second-order valence-electron chi connectivity index (χ2n) is 11.9. The maximum atomic E-state index is 13.6. The van der Waals surface area contributed by atoms with Gasteiger partial charge in [0.15, 0.2) is 0 Å². The number of hydrogen-bond donors (Lipinski definition) is 3. The number of allylic oxidation sites excluding steroid dienone is 1. The van der Waals surface area contributed by atoms with Crippen LogP contribution in [0.1, 0.15) is 90.7 Å². The molecule has 3 N–H and O–H groups in total. The first-order valence-corrected chi connectivity index (χ1v) is 16.3. The molecule has 0 spiro atoms. The molecule has 2 atom stereocenters. The fraction of sp³-hybridized carbons (Fsp3) is 0.351. The smallest absolute Gasteiger partial charge is 0.342 e. The predicted molar refractivity (Wildman–Crippen MR) is 180 cm³/mol. The quantitative estimate of drug-likeness (QED) is 0.181. The molecule has 1 amide bonds. The van der Waals surface area contributed by atoms with Gasteiger partial charge in [0.1, 0.15) is 28.6 Å². The predicted octanol–water partition coefficient (Wildman–Crippen LogP) is 5.91. The van der Waals surface area contributed by atoms with E-state index in [1.807, 2.05) is 6.07 Å². The van der Waals surface area contributed by atoms with Gasteiger partial charge < -0.3 is 29.5 Å². The topological polar surface area (TPSA) is 174 Å². The number of benzene rings is 2. The van der Waals surface area contributed by atoms with Gasteiger partial charge in [0, 0.05) is 61.7 Å². The van der Waals surface area contributed by atoms with Gasteiger partial charge in [-0.3, -0.25) is 14.6 Å². The first-order chi connectivity index (χ1) is 23.7. The summed E-state index contributed by atoms with van der Waals surface area (Å²) in [5.74, 6) is -1.29. The molecule has 3 heterocycles. The molecular formula is C37H40N4O8. The molecule has 2 aromatic carbocycles. The summed E-state index contributed by atoms with van der Waals surface area (Å²) in [5.41, 5.74) is 1.48. The number of rotatable bonds is 9. The zero-order valence-electron chi connectivity index (χ0n) is 27.6. The summed E-state index contributed by atoms with van der Waals surface area (Å²) in [6.07, 6.45) is 9.43. The summed E-state index contributed by atoms with van der Waals surface area (Å²) < 4.78 is 16.3. The number of ketones is 1. The van der Waals surface area contributed by atoms with Gasteiger partial charge in [-0.15, -0.1) is 0 Å². The van der Waals surface area contributed by atoms with E-state index in [2.05, 4.69) is 20.4 Å². The van der Waals surface area contributed by atoms with Crippen molar-refractivity contribution in [2.24, 2.45) is 0 Å². The van der Waals surface area contributed by atoms with Gasteiger partial charge in [0.2, 0.25) is 17.6 Å². The molecule has 0 fully saturated rings. The summed E-state index contributed by atoms with van der Waals surface area (Å²) in [6.45, 7) is 1.92. The van der Waals surface area contributed by atoms with Crippen molar-refractivity contribution in [3.05, 3.63) is 89.1 Å². The van der Waals surface area contributed by atoms with Crippen molar-refractivity contribution >= 4 is 23.7 Å². The fourth-order valence-electron chi connectivity index (χ4n) is 5.78. The maximum absolute atomic E-state index is 13.6. The number of Topliss-reactive ketones (excluding diaryl/α,β-unsaturated/α-hetero) is 1. The number of carbonyl (C=O) groups is 3. The number of pyridine rings is 1. The number of aromatic nitrogens is 3. The number of methoxy groups -OCH3 is 1. The molecule has 1 unspecified atom stereocenters. The number of nitrogens with zero attached hydrogens (tertiary/aromatic N) is 3. The molecule has 2 aromatic heterocycles. The standard InChI is InChI=1S/C37H40N4O8/c1-23-8-6-12-27(42)11-5-3-4-9-25-20-30(43)34(35(45)33(25)37(46)48-23)29(24-13-15-28(47-2)16-14-24)21-31(44)39-19-17-32-40-36(41-49-32)26-10-7-18-38-22-26/h4,7,9-10,13-16,18,20,22-23,29,43,45H,3,5-6,8,11-12,17,19,21H2,1-2H3,(H,39,44)/t23-,29?/m0/s1. The molecule has 0 saturated carbocycles. The number of amides is 1. The Morgan fingerprint density at radius 2 is 1.92 bits per heavy atom. The van der Waals surface area contributed by atoms with Crippen LogP contribution in [0.2, 0.25) is 0 Å². The Morgan fingerprint density at radius 3 is 2.67 bits per heavy atom. The van der Waals surface area contributed by atoms with Gasteiger partial charge in [-0.1, -0.05) is 29.4 Å². The molecule has 49 heavy (non-hydrogen) atoms. The zero-order chi connectivity index (χ0) is 34.8. The van der Waals surface area contributed by atoms with Gasteiger partial charge >= 0.3 is 5.97 Å². The monoisotopic (exact) mass is 668 g/mol. The number of phenols is 2. The highest BCUT2D eigenvalue weighted by Gasteiger charge is 2.31. The Hall–Kier alpha value is -5.52. The lowest BCUT2D eigenvalue weighted by atomic mass is 9.84. The van der Waals surface area contributed by atoms with Gasteiger partial charge in [0.05, 0.1) is 13.2 Å². The number of nitrogens with one attached hydrogen (secondary N) is 1. The molecule has 0 aliphatic carbocycles. The third kappa shape index (κ3) is 9.10. The molecule has 0 radical (unpaired) electrons. The SMILES string of the molecule is COc1ccc(C(CC(=O)NCCc2nc(-c3cccnc3)no2)c2c(O)cc3c(c2O)C(=O)O[C@@H](C)CCCC(=O)CCCC=C3)cc1. The Balaban J connectivity index is 1.42. The van der Waals surface area contributed by atoms with E-state index in [-0.39, 0.29) is 53.5 Å². The van der Waals surface area contributed by atoms with Crippen LogP contribution in [0, 0.1) is 0 Å². The number of fused-ring (bicyclic) bond motifs is 1. The van der Waals surface area contributed by atoms with Crippen molar-refractivity contribution in [3.63, 3.8) is 0 Å². The minimum atomic E-state index is -0.856. The molecule has 1 aliphatic rings. The second-order valence-corrected chi connectivity index (χ2v) is 11.9. The number of esters is 1. The second kappa shape index (κ2) is 16.5. The van der Waals surface area contributed by atoms with Gasteiger partial charge in [-0.2, -0.15) is 4.98 Å². The van der Waals surface area contributed by atoms with Crippen molar-refractivity contribution < 1.29 is 38.6 Å². The van der Waals surface area contributed by atoms with Crippen LogP contribution in [0.4, 0.5) is 0 Å². The first kappa shape index (κ1) is 34.8. The highest BCUT2D eigenvalue weighted by Crippen LogP contribution is 2.44. The minimum Gasteiger partial charge on any atom is -0.507 e. The number of aromatic hydroxyl groups is 2. The normalized spacial score (nSPS) is 16.2. The largest absolute Gasteiger partial charge is 0.507 e. The van der Waals surface area contributed by atoms with Crippen LogP contribution < -0.4 is 10.1 Å². The fourth-order valence-corrected chi connectivity index (χ4v) is 5.78. The summed E-state index contributed by atoms with van der Waals surface area (Å²) >= 11 is 0. The number of cyclic esters (lactones) is 1. The number of hydrogen-bond acceptors (Lipinski definition) is 11. The van der Waals surface area contributed by atoms with Crippen molar-refractivity contribution in [1.29, 1.82) is 0 Å². The van der Waals surface area contributed by atoms with Crippen molar-refractivity contribution in [3.8, 4) is 28.6 Å². The molecule has 5 rings (SSSR count). The Kier molecular flexibility index (Phi) is 11.7.